The zero-order chi connectivity index (χ0) is 31.7. The molecule has 2 aliphatic heterocycles. The standard InChI is InChI=1S/C33H35ClF2N8O/c1-6-41(5)21-15-43(16-21)32-24-14-38-44(20-7-9-42(10-8-20)33(45)19(4)35)31(24)22-12-25(34)28(29(36)30(22)39-32)27-18(3)17(2)11-26-23(27)13-37-40-26/h11-14,20-21H,4,6-10,15-16H2,1-3,5H3,(H,37,40). The first kappa shape index (κ1) is 29.6. The average molecular weight is 633 g/mol. The van der Waals surface area contributed by atoms with Gasteiger partial charge in [-0.05, 0) is 63.5 Å². The van der Waals surface area contributed by atoms with Gasteiger partial charge in [0.2, 0.25) is 0 Å². The maximum Gasteiger partial charge on any atom is 0.281 e. The third-order valence-electron chi connectivity index (χ3n) is 9.83. The molecule has 9 nitrogen and oxygen atoms in total. The molecule has 0 radical (unpaired) electrons. The van der Waals surface area contributed by atoms with E-state index in [0.29, 0.717) is 54.3 Å². The molecule has 0 aliphatic carbocycles. The number of halogens is 3. The van der Waals surface area contributed by atoms with Crippen molar-refractivity contribution in [3.05, 3.63) is 58.9 Å². The van der Waals surface area contributed by atoms with Gasteiger partial charge in [-0.15, -0.1) is 0 Å². The van der Waals surface area contributed by atoms with Crippen molar-refractivity contribution in [1.29, 1.82) is 0 Å². The summed E-state index contributed by atoms with van der Waals surface area (Å²) in [6.07, 6.45) is 4.64. The van der Waals surface area contributed by atoms with E-state index in [1.54, 1.807) is 18.5 Å². The van der Waals surface area contributed by atoms with Crippen LogP contribution in [-0.4, -0.2) is 86.5 Å². The van der Waals surface area contributed by atoms with Gasteiger partial charge in [0, 0.05) is 54.1 Å². The fourth-order valence-corrected chi connectivity index (χ4v) is 7.19. The molecule has 2 aliphatic rings. The Morgan fingerprint density at radius 1 is 1.13 bits per heavy atom. The number of benzene rings is 2. The SMILES string of the molecule is C=C(F)C(=O)N1CCC(n2ncc3c(N4CC(N(C)CC)C4)nc4c(F)c(-c5c(C)c(C)cc6[nH]ncc56)c(Cl)cc4c32)CC1. The first-order valence-corrected chi connectivity index (χ1v) is 15.7. The van der Waals surface area contributed by atoms with Gasteiger partial charge in [0.15, 0.2) is 11.6 Å². The van der Waals surface area contributed by atoms with E-state index in [0.717, 1.165) is 52.6 Å². The fraction of sp³-hybridized carbons (Fsp3) is 0.394. The van der Waals surface area contributed by atoms with Crippen LogP contribution in [0.5, 0.6) is 0 Å². The summed E-state index contributed by atoms with van der Waals surface area (Å²) in [6, 6.07) is 4.09. The summed E-state index contributed by atoms with van der Waals surface area (Å²) in [5, 5.41) is 14.5. The van der Waals surface area contributed by atoms with Gasteiger partial charge in [0.25, 0.3) is 5.91 Å². The molecule has 0 spiro atoms. The summed E-state index contributed by atoms with van der Waals surface area (Å²) in [7, 11) is 2.10. The zero-order valence-corrected chi connectivity index (χ0v) is 26.5. The molecule has 0 saturated carbocycles. The number of aromatic nitrogens is 5. The summed E-state index contributed by atoms with van der Waals surface area (Å²) >= 11 is 7.00. The second-order valence-corrected chi connectivity index (χ2v) is 12.7. The van der Waals surface area contributed by atoms with E-state index in [-0.39, 0.29) is 16.6 Å². The van der Waals surface area contributed by atoms with Gasteiger partial charge in [0.05, 0.1) is 39.9 Å². The Bertz CT molecular complexity index is 2010. The van der Waals surface area contributed by atoms with Crippen molar-refractivity contribution in [2.45, 2.75) is 45.7 Å². The second kappa shape index (κ2) is 11.1. The number of nitrogens with zero attached hydrogens (tertiary/aromatic N) is 7. The van der Waals surface area contributed by atoms with E-state index in [1.165, 1.54) is 4.90 Å². The molecule has 7 rings (SSSR count). The number of hydrogen-bond acceptors (Lipinski definition) is 6. The number of anilines is 1. The van der Waals surface area contributed by atoms with Crippen LogP contribution in [0, 0.1) is 19.7 Å². The Balaban J connectivity index is 1.42. The van der Waals surface area contributed by atoms with Crippen molar-refractivity contribution in [2.24, 2.45) is 0 Å². The summed E-state index contributed by atoms with van der Waals surface area (Å²) in [6.45, 7) is 12.5. The van der Waals surface area contributed by atoms with Crippen molar-refractivity contribution in [3.8, 4) is 11.1 Å². The average Bonchev–Trinajstić information content (AvgIpc) is 3.66. The molecule has 3 aromatic heterocycles. The topological polar surface area (TPSA) is 86.2 Å². The molecule has 2 saturated heterocycles. The van der Waals surface area contributed by atoms with Gasteiger partial charge in [0.1, 0.15) is 11.3 Å². The van der Waals surface area contributed by atoms with Gasteiger partial charge < -0.3 is 14.7 Å². The monoisotopic (exact) mass is 632 g/mol. The van der Waals surface area contributed by atoms with Crippen LogP contribution in [0.15, 0.2) is 36.9 Å². The molecule has 12 heteroatoms. The molecule has 1 amide bonds. The smallest absolute Gasteiger partial charge is 0.281 e. The molecule has 2 fully saturated rings. The number of likely N-dealkylation sites (tertiary alicyclic amines) is 1. The molecule has 45 heavy (non-hydrogen) atoms. The van der Waals surface area contributed by atoms with E-state index in [1.807, 2.05) is 24.6 Å². The number of fused-ring (bicyclic) bond motifs is 4. The fourth-order valence-electron chi connectivity index (χ4n) is 6.91. The molecule has 5 aromatic rings. The molecule has 0 bridgehead atoms. The summed E-state index contributed by atoms with van der Waals surface area (Å²) in [4.78, 5) is 23.2. The molecular weight excluding hydrogens is 598 g/mol. The Kier molecular flexibility index (Phi) is 7.28. The number of aromatic amines is 1. The number of carbonyl (C=O) groups is 1. The molecular formula is C33H35ClF2N8O. The number of piperidine rings is 1. The lowest BCUT2D eigenvalue weighted by molar-refractivity contribution is -0.129. The highest BCUT2D eigenvalue weighted by Crippen LogP contribution is 2.44. The highest BCUT2D eigenvalue weighted by molar-refractivity contribution is 6.35. The lowest BCUT2D eigenvalue weighted by Crippen LogP contribution is -2.58. The highest BCUT2D eigenvalue weighted by Gasteiger charge is 2.34. The van der Waals surface area contributed by atoms with E-state index in [2.05, 4.69) is 40.5 Å². The lowest BCUT2D eigenvalue weighted by Gasteiger charge is -2.44. The number of likely N-dealkylation sites (N-methyl/N-ethyl adjacent to an activating group) is 1. The number of pyridine rings is 1. The van der Waals surface area contributed by atoms with Gasteiger partial charge in [-0.3, -0.25) is 14.6 Å². The van der Waals surface area contributed by atoms with Crippen LogP contribution in [0.25, 0.3) is 43.8 Å². The van der Waals surface area contributed by atoms with E-state index in [9.17, 15) is 9.18 Å². The van der Waals surface area contributed by atoms with Crippen LogP contribution < -0.4 is 4.90 Å². The number of rotatable bonds is 6. The van der Waals surface area contributed by atoms with Gasteiger partial charge >= 0.3 is 0 Å². The molecule has 234 valence electrons. The third-order valence-corrected chi connectivity index (χ3v) is 10.1. The normalized spacial score (nSPS) is 16.4. The van der Waals surface area contributed by atoms with E-state index >= 15 is 4.39 Å². The maximum atomic E-state index is 17.1. The first-order chi connectivity index (χ1) is 21.6. The number of hydrogen-bond donors (Lipinski definition) is 1. The van der Waals surface area contributed by atoms with Crippen LogP contribution in [0.2, 0.25) is 5.02 Å². The minimum Gasteiger partial charge on any atom is -0.353 e. The largest absolute Gasteiger partial charge is 0.353 e. The quantitative estimate of drug-likeness (QED) is 0.220. The van der Waals surface area contributed by atoms with Crippen LogP contribution in [0.1, 0.15) is 36.9 Å². The number of H-pyrrole nitrogens is 1. The minimum atomic E-state index is -0.960. The minimum absolute atomic E-state index is 0.0840. The number of carbonyl (C=O) groups excluding carboxylic acids is 1. The Morgan fingerprint density at radius 2 is 1.87 bits per heavy atom. The summed E-state index contributed by atoms with van der Waals surface area (Å²) < 4.78 is 32.6. The maximum absolute atomic E-state index is 17.1. The molecule has 0 unspecified atom stereocenters. The van der Waals surface area contributed by atoms with Crippen molar-refractivity contribution in [2.75, 3.05) is 44.7 Å². The number of nitrogens with one attached hydrogen (secondary N) is 1. The van der Waals surface area contributed by atoms with Crippen molar-refractivity contribution in [1.82, 2.24) is 34.8 Å². The predicted octanol–water partition coefficient (Wildman–Crippen LogP) is 6.32. The Hall–Kier alpha value is -4.09. The molecule has 2 aromatic carbocycles. The first-order valence-electron chi connectivity index (χ1n) is 15.3. The van der Waals surface area contributed by atoms with Crippen LogP contribution in [-0.2, 0) is 4.79 Å². The van der Waals surface area contributed by atoms with Crippen molar-refractivity contribution >= 4 is 56.0 Å². The summed E-state index contributed by atoms with van der Waals surface area (Å²) in [5.74, 6) is -1.44. The van der Waals surface area contributed by atoms with Crippen LogP contribution in [0.4, 0.5) is 14.6 Å². The Morgan fingerprint density at radius 3 is 2.56 bits per heavy atom. The second-order valence-electron chi connectivity index (χ2n) is 12.3. The van der Waals surface area contributed by atoms with Crippen molar-refractivity contribution in [3.63, 3.8) is 0 Å². The van der Waals surface area contributed by atoms with Gasteiger partial charge in [-0.1, -0.05) is 25.1 Å². The highest BCUT2D eigenvalue weighted by atomic mass is 35.5. The van der Waals surface area contributed by atoms with Crippen molar-refractivity contribution < 1.29 is 13.6 Å². The van der Waals surface area contributed by atoms with E-state index in [4.69, 9.17) is 21.7 Å². The van der Waals surface area contributed by atoms with E-state index < -0.39 is 17.6 Å². The predicted molar refractivity (Wildman–Crippen MR) is 174 cm³/mol. The van der Waals surface area contributed by atoms with Gasteiger partial charge in [-0.25, -0.2) is 13.8 Å². The van der Waals surface area contributed by atoms with Gasteiger partial charge in [-0.2, -0.15) is 10.2 Å². The molecule has 5 heterocycles. The third kappa shape index (κ3) is 4.66. The molecule has 1 N–H and O–H groups in total. The number of amides is 1. The van der Waals surface area contributed by atoms with Crippen LogP contribution in [0.3, 0.4) is 0 Å². The molecule has 0 atom stereocenters. The lowest BCUT2D eigenvalue weighted by atomic mass is 9.92. The number of aryl methyl sites for hydroxylation is 1. The van der Waals surface area contributed by atoms with Crippen LogP contribution >= 0.6 is 11.6 Å². The zero-order valence-electron chi connectivity index (χ0n) is 25.8. The summed E-state index contributed by atoms with van der Waals surface area (Å²) in [5.41, 5.74) is 4.69. The Labute approximate surface area is 264 Å².